The van der Waals surface area contributed by atoms with Crippen LogP contribution in [0.2, 0.25) is 0 Å². The number of nitrogens with zero attached hydrogens (tertiary/aromatic N) is 4. The van der Waals surface area contributed by atoms with E-state index in [1.807, 2.05) is 0 Å². The van der Waals surface area contributed by atoms with Gasteiger partial charge in [0.2, 0.25) is 0 Å². The normalized spacial score (nSPS) is 44.5. The number of carboxylic acid groups (broad SMARTS) is 1. The van der Waals surface area contributed by atoms with Crippen molar-refractivity contribution in [1.82, 2.24) is 20.2 Å². The highest BCUT2D eigenvalue weighted by atomic mass is 16.5. The minimum Gasteiger partial charge on any atom is -0.481 e. The number of nitrogen functional groups attached to an aromatic ring is 1. The Kier molecular flexibility index (Phi) is 8.37. The van der Waals surface area contributed by atoms with Gasteiger partial charge in [-0.05, 0) is 96.0 Å². The molecule has 0 unspecified atom stereocenters. The number of ether oxygens (including phenoxy) is 2. The van der Waals surface area contributed by atoms with Crippen molar-refractivity contribution in [2.24, 2.45) is 67.8 Å². The second-order valence-corrected chi connectivity index (χ2v) is 19.5. The molecule has 1 aromatic heterocycles. The average Bonchev–Trinajstić information content (AvgIpc) is 3.41. The highest BCUT2D eigenvalue weighted by Crippen LogP contribution is 2.75. The van der Waals surface area contributed by atoms with Crippen molar-refractivity contribution in [2.45, 2.75) is 132 Å². The van der Waals surface area contributed by atoms with E-state index in [9.17, 15) is 9.90 Å². The lowest BCUT2D eigenvalue weighted by molar-refractivity contribution is -0.254. The molecule has 2 heterocycles. The minimum atomic E-state index is -0.634. The number of hydrogen-bond acceptors (Lipinski definition) is 8. The van der Waals surface area contributed by atoms with Crippen LogP contribution in [0.25, 0.3) is 0 Å². The summed E-state index contributed by atoms with van der Waals surface area (Å²) in [6.07, 6.45) is 7.79. The molecule has 10 nitrogen and oxygen atoms in total. The fourth-order valence-electron chi connectivity index (χ4n) is 12.0. The van der Waals surface area contributed by atoms with Gasteiger partial charge in [-0.25, -0.2) is 0 Å². The van der Waals surface area contributed by atoms with Gasteiger partial charge in [0.25, 0.3) is 5.95 Å². The molecule has 10 heteroatoms. The van der Waals surface area contributed by atoms with Gasteiger partial charge in [-0.15, -0.1) is 5.10 Å². The zero-order valence-electron chi connectivity index (χ0n) is 31.6. The second kappa shape index (κ2) is 11.2. The van der Waals surface area contributed by atoms with Gasteiger partial charge in [-0.3, -0.25) is 4.79 Å². The summed E-state index contributed by atoms with van der Waals surface area (Å²) in [4.78, 5) is 15.1. The molecule has 0 aromatic carbocycles. The molecular weight excluding hydrogens is 604 g/mol. The summed E-state index contributed by atoms with van der Waals surface area (Å²) in [6.45, 7) is 26.3. The predicted octanol–water partition coefficient (Wildman–Crippen LogP) is 6.53. The Morgan fingerprint density at radius 1 is 1.10 bits per heavy atom. The number of allylic oxidation sites excluding steroid dienone is 1. The third-order valence-corrected chi connectivity index (χ3v) is 16.1. The van der Waals surface area contributed by atoms with E-state index in [2.05, 4.69) is 97.6 Å². The van der Waals surface area contributed by atoms with Crippen LogP contribution in [-0.4, -0.2) is 62.7 Å². The number of carboxylic acids is 1. The molecule has 5 aliphatic rings. The van der Waals surface area contributed by atoms with Gasteiger partial charge in [0, 0.05) is 16.4 Å². The van der Waals surface area contributed by atoms with Gasteiger partial charge in [0.1, 0.15) is 6.04 Å². The number of hydrogen-bond donors (Lipinski definition) is 3. The van der Waals surface area contributed by atoms with Crippen LogP contribution in [0.15, 0.2) is 11.6 Å². The SMILES string of the molecule is CC(C)[C@@H](C)[C@@]1(C)CC[C@]2(C)[C@H]3CC[C@@H]4[C@@]5(COC[C@@]4(C)[C@@H](OC[C@](C)(N)C(C)(C)C)[C@H](n4nnc(N)n4)C5)C3=CC[C@@]2(C)[C@@H]1C(=O)O. The molecule has 48 heavy (non-hydrogen) atoms. The van der Waals surface area contributed by atoms with Crippen molar-refractivity contribution < 1.29 is 19.4 Å². The standard InChI is InChI=1S/C38H64N6O4/c1-22(2)23(3)33(7)16-17-35(9)24-12-13-27-34(8)19-47-21-38(27,25(24)14-15-36(35,10)28(33)30(45)46)18-26(44-42-31(39)41-43-44)29(34)48-20-37(11,40)32(4,5)6/h14,22-24,26-29H,12-13,15-21,40H2,1-11H3,(H2,39,42)(H,45,46)/t23-,24+,26-,27+,28-,29+,33-,34-,35-,36+,37+,38+/m1/s1. The van der Waals surface area contributed by atoms with Gasteiger partial charge < -0.3 is 26.0 Å². The molecule has 4 aliphatic carbocycles. The second-order valence-electron chi connectivity index (χ2n) is 19.5. The van der Waals surface area contributed by atoms with Crippen LogP contribution in [0.1, 0.15) is 121 Å². The van der Waals surface area contributed by atoms with Crippen LogP contribution in [0.4, 0.5) is 5.95 Å². The Hall–Kier alpha value is -2.04. The highest BCUT2D eigenvalue weighted by Gasteiger charge is 2.72. The number of rotatable bonds is 7. The van der Waals surface area contributed by atoms with E-state index >= 15 is 0 Å². The van der Waals surface area contributed by atoms with Crippen LogP contribution in [0, 0.1) is 62.1 Å². The molecule has 0 spiro atoms. The summed E-state index contributed by atoms with van der Waals surface area (Å²) < 4.78 is 13.7. The number of carbonyl (C=O) groups is 1. The van der Waals surface area contributed by atoms with E-state index < -0.39 is 17.4 Å². The monoisotopic (exact) mass is 668 g/mol. The molecule has 0 radical (unpaired) electrons. The van der Waals surface area contributed by atoms with Crippen molar-refractivity contribution in [1.29, 1.82) is 0 Å². The Morgan fingerprint density at radius 2 is 1.79 bits per heavy atom. The quantitative estimate of drug-likeness (QED) is 0.275. The van der Waals surface area contributed by atoms with Gasteiger partial charge in [-0.1, -0.05) is 86.0 Å². The fourth-order valence-corrected chi connectivity index (χ4v) is 12.0. The minimum absolute atomic E-state index is 0.153. The summed E-state index contributed by atoms with van der Waals surface area (Å²) in [6, 6.07) is -0.204. The molecule has 1 aromatic rings. The molecule has 2 bridgehead atoms. The first-order valence-electron chi connectivity index (χ1n) is 18.6. The van der Waals surface area contributed by atoms with Crippen LogP contribution in [-0.2, 0) is 14.3 Å². The molecule has 1 aliphatic heterocycles. The van der Waals surface area contributed by atoms with Gasteiger partial charge in [-0.2, -0.15) is 4.80 Å². The van der Waals surface area contributed by atoms with E-state index in [1.54, 1.807) is 4.80 Å². The Balaban J connectivity index is 1.44. The van der Waals surface area contributed by atoms with Crippen molar-refractivity contribution in [3.05, 3.63) is 11.6 Å². The van der Waals surface area contributed by atoms with E-state index in [-0.39, 0.29) is 56.5 Å². The first-order valence-corrected chi connectivity index (χ1v) is 18.6. The van der Waals surface area contributed by atoms with Crippen LogP contribution >= 0.6 is 0 Å². The maximum atomic E-state index is 13.4. The lowest BCUT2D eigenvalue weighted by Crippen LogP contribution is -2.69. The summed E-state index contributed by atoms with van der Waals surface area (Å²) >= 11 is 0. The topological polar surface area (TPSA) is 151 Å². The maximum absolute atomic E-state index is 13.4. The number of tetrazole rings is 1. The first-order chi connectivity index (χ1) is 22.1. The molecule has 1 saturated heterocycles. The van der Waals surface area contributed by atoms with E-state index in [4.69, 9.17) is 20.9 Å². The number of aromatic nitrogens is 4. The number of anilines is 1. The molecular formula is C38H64N6O4. The Labute approximate surface area is 288 Å². The van der Waals surface area contributed by atoms with E-state index in [0.29, 0.717) is 37.6 Å². The first kappa shape index (κ1) is 35.8. The zero-order valence-corrected chi connectivity index (χ0v) is 31.6. The lowest BCUT2D eigenvalue weighted by atomic mass is 9.34. The van der Waals surface area contributed by atoms with Gasteiger partial charge in [0.05, 0.1) is 31.8 Å². The third-order valence-electron chi connectivity index (χ3n) is 16.1. The van der Waals surface area contributed by atoms with E-state index in [1.165, 1.54) is 5.57 Å². The largest absolute Gasteiger partial charge is 0.481 e. The van der Waals surface area contributed by atoms with E-state index in [0.717, 1.165) is 38.5 Å². The average molecular weight is 669 g/mol. The number of fused-ring (bicyclic) bond motifs is 3. The van der Waals surface area contributed by atoms with Crippen LogP contribution < -0.4 is 11.5 Å². The highest BCUT2D eigenvalue weighted by molar-refractivity contribution is 5.73. The summed E-state index contributed by atoms with van der Waals surface area (Å²) in [5.74, 6) is 0.430. The van der Waals surface area contributed by atoms with Gasteiger partial charge >= 0.3 is 5.97 Å². The maximum Gasteiger partial charge on any atom is 0.307 e. The van der Waals surface area contributed by atoms with Crippen LogP contribution in [0.3, 0.4) is 0 Å². The fraction of sp³-hybridized carbons (Fsp3) is 0.895. The summed E-state index contributed by atoms with van der Waals surface area (Å²) in [5, 5.41) is 24.2. The lowest BCUT2D eigenvalue weighted by Gasteiger charge is -2.71. The zero-order chi connectivity index (χ0) is 35.5. The van der Waals surface area contributed by atoms with Crippen molar-refractivity contribution in [2.75, 3.05) is 25.6 Å². The molecule has 12 atom stereocenters. The van der Waals surface area contributed by atoms with Gasteiger partial charge in [0.15, 0.2) is 0 Å². The predicted molar refractivity (Wildman–Crippen MR) is 187 cm³/mol. The Bertz CT molecular complexity index is 1450. The summed E-state index contributed by atoms with van der Waals surface area (Å²) in [5.41, 5.74) is 12.3. The number of aliphatic carboxylic acids is 1. The third kappa shape index (κ3) is 4.80. The van der Waals surface area contributed by atoms with Crippen molar-refractivity contribution in [3.63, 3.8) is 0 Å². The smallest absolute Gasteiger partial charge is 0.307 e. The molecule has 4 fully saturated rings. The molecule has 5 N–H and O–H groups in total. The Morgan fingerprint density at radius 3 is 2.38 bits per heavy atom. The molecule has 3 saturated carbocycles. The van der Waals surface area contributed by atoms with Crippen LogP contribution in [0.5, 0.6) is 0 Å². The van der Waals surface area contributed by atoms with Crippen molar-refractivity contribution in [3.8, 4) is 0 Å². The molecule has 0 amide bonds. The molecule has 6 rings (SSSR count). The van der Waals surface area contributed by atoms with Crippen molar-refractivity contribution >= 4 is 11.9 Å². The number of nitrogens with two attached hydrogens (primary N) is 2. The molecule has 270 valence electrons. The summed E-state index contributed by atoms with van der Waals surface area (Å²) in [7, 11) is 0.